The van der Waals surface area contributed by atoms with Crippen LogP contribution >= 0.6 is 36.4 Å². The zero-order valence-corrected chi connectivity index (χ0v) is 19.6. The molecule has 31 heavy (non-hydrogen) atoms. The number of β-amino-alcohol motifs (C(OH)–C–C–N with tert-alkyl or cyclic N) is 1. The zero-order chi connectivity index (χ0) is 20.1. The number of anilines is 1. The van der Waals surface area contributed by atoms with E-state index in [0.717, 1.165) is 48.4 Å². The van der Waals surface area contributed by atoms with Gasteiger partial charge >= 0.3 is 0 Å². The Morgan fingerprint density at radius 1 is 1.03 bits per heavy atom. The molecule has 2 aromatic rings. The summed E-state index contributed by atoms with van der Waals surface area (Å²) in [6.07, 6.45) is -0.678. The molecule has 1 fully saturated rings. The molecule has 1 N–H and O–H groups in total. The lowest BCUT2D eigenvalue weighted by atomic mass is 10.2. The molecule has 0 aliphatic carbocycles. The number of aliphatic hydroxyl groups is 1. The number of halogens is 3. The van der Waals surface area contributed by atoms with Gasteiger partial charge in [-0.15, -0.1) is 24.8 Å². The first kappa shape index (κ1) is 25.8. The van der Waals surface area contributed by atoms with Gasteiger partial charge in [-0.05, 0) is 30.3 Å². The van der Waals surface area contributed by atoms with Gasteiger partial charge in [0.15, 0.2) is 17.6 Å². The summed E-state index contributed by atoms with van der Waals surface area (Å²) in [6, 6.07) is 15.6. The van der Waals surface area contributed by atoms with Crippen molar-refractivity contribution in [2.24, 2.45) is 0 Å². The van der Waals surface area contributed by atoms with Crippen LogP contribution in [0.25, 0.3) is 0 Å². The van der Waals surface area contributed by atoms with E-state index in [-0.39, 0.29) is 37.5 Å². The van der Waals surface area contributed by atoms with Crippen LogP contribution in [0.1, 0.15) is 0 Å². The van der Waals surface area contributed by atoms with E-state index in [2.05, 4.69) is 15.9 Å². The van der Waals surface area contributed by atoms with Crippen LogP contribution in [0.5, 0.6) is 11.5 Å². The van der Waals surface area contributed by atoms with Gasteiger partial charge in [-0.3, -0.25) is 4.90 Å². The average Bonchev–Trinajstić information content (AvgIpc) is 2.74. The predicted molar refractivity (Wildman–Crippen MR) is 128 cm³/mol. The maximum Gasteiger partial charge on any atom is 0.161 e. The third kappa shape index (κ3) is 7.31. The monoisotopic (exact) mass is 490 g/mol. The highest BCUT2D eigenvalue weighted by atomic mass is 35.5. The highest BCUT2D eigenvalue weighted by molar-refractivity contribution is 6.30. The topological polar surface area (TPSA) is 54.4 Å². The van der Waals surface area contributed by atoms with Crippen LogP contribution in [0.15, 0.2) is 48.5 Å². The van der Waals surface area contributed by atoms with E-state index in [1.807, 2.05) is 42.5 Å². The molecule has 0 amide bonds. The molecule has 2 aromatic carbocycles. The number of aliphatic hydroxyl groups excluding tert-OH is 1. The molecule has 2 aliphatic heterocycles. The molecular formula is C22H29Cl3N2O4. The molecule has 2 atom stereocenters. The first-order valence-electron chi connectivity index (χ1n) is 10.0. The Morgan fingerprint density at radius 3 is 2.52 bits per heavy atom. The number of nitrogens with zero attached hydrogens (tertiary/aromatic N) is 2. The van der Waals surface area contributed by atoms with E-state index in [0.29, 0.717) is 19.8 Å². The molecule has 2 heterocycles. The Morgan fingerprint density at radius 2 is 1.77 bits per heavy atom. The van der Waals surface area contributed by atoms with Crippen LogP contribution < -0.4 is 14.4 Å². The largest absolute Gasteiger partial charge is 0.486 e. The Labute approximate surface area is 200 Å². The average molecular weight is 492 g/mol. The van der Waals surface area contributed by atoms with Gasteiger partial charge in [0.1, 0.15) is 6.61 Å². The fourth-order valence-electron chi connectivity index (χ4n) is 3.69. The fourth-order valence-corrected chi connectivity index (χ4v) is 3.88. The summed E-state index contributed by atoms with van der Waals surface area (Å²) in [5.41, 5.74) is 1.15. The molecule has 0 spiro atoms. The van der Waals surface area contributed by atoms with Gasteiger partial charge < -0.3 is 24.2 Å². The predicted octanol–water partition coefficient (Wildman–Crippen LogP) is 3.52. The maximum atomic E-state index is 10.3. The number of hydrogen-bond acceptors (Lipinski definition) is 6. The van der Waals surface area contributed by atoms with E-state index < -0.39 is 6.10 Å². The summed E-state index contributed by atoms with van der Waals surface area (Å²) < 4.78 is 17.2. The van der Waals surface area contributed by atoms with E-state index in [4.69, 9.17) is 25.8 Å². The fraction of sp³-hybridized carbons (Fsp3) is 0.455. The first-order chi connectivity index (χ1) is 14.2. The van der Waals surface area contributed by atoms with E-state index >= 15 is 0 Å². The summed E-state index contributed by atoms with van der Waals surface area (Å²) >= 11 is 6.09. The van der Waals surface area contributed by atoms with Crippen LogP contribution in [0.4, 0.5) is 5.69 Å². The molecule has 172 valence electrons. The minimum absolute atomic E-state index is 0. The van der Waals surface area contributed by atoms with Gasteiger partial charge in [0.05, 0.1) is 19.3 Å². The smallest absolute Gasteiger partial charge is 0.161 e. The molecule has 1 saturated heterocycles. The summed E-state index contributed by atoms with van der Waals surface area (Å²) in [5.74, 6) is 1.51. The molecule has 0 radical (unpaired) electrons. The Balaban J connectivity index is 0.00000171. The van der Waals surface area contributed by atoms with Crippen LogP contribution in [0.3, 0.4) is 0 Å². The molecule has 2 unspecified atom stereocenters. The normalized spacial score (nSPS) is 19.2. The van der Waals surface area contributed by atoms with Crippen LogP contribution in [-0.2, 0) is 4.74 Å². The Kier molecular flexibility index (Phi) is 10.5. The van der Waals surface area contributed by atoms with Crippen molar-refractivity contribution < 1.29 is 19.3 Å². The SMILES string of the molecule is Cl.Cl.OC(COCC1COc2ccccc2O1)CN1CCN(c2cccc(Cl)c2)CC1. The van der Waals surface area contributed by atoms with Crippen molar-refractivity contribution in [3.63, 3.8) is 0 Å². The van der Waals surface area contributed by atoms with Crippen LogP contribution in [-0.4, -0.2) is 74.8 Å². The van der Waals surface area contributed by atoms with E-state index in [1.54, 1.807) is 0 Å². The molecule has 9 heteroatoms. The second-order valence-electron chi connectivity index (χ2n) is 7.46. The number of piperazine rings is 1. The van der Waals surface area contributed by atoms with Crippen LogP contribution in [0.2, 0.25) is 5.02 Å². The lowest BCUT2D eigenvalue weighted by Gasteiger charge is -2.37. The quantitative estimate of drug-likeness (QED) is 0.640. The highest BCUT2D eigenvalue weighted by Crippen LogP contribution is 2.30. The first-order valence-corrected chi connectivity index (χ1v) is 10.4. The second-order valence-corrected chi connectivity index (χ2v) is 7.89. The summed E-state index contributed by atoms with van der Waals surface area (Å²) in [4.78, 5) is 4.59. The molecular weight excluding hydrogens is 463 g/mol. The number of benzene rings is 2. The minimum Gasteiger partial charge on any atom is -0.486 e. The van der Waals surface area contributed by atoms with Gasteiger partial charge in [-0.1, -0.05) is 29.8 Å². The molecule has 6 nitrogen and oxygen atoms in total. The third-order valence-electron chi connectivity index (χ3n) is 5.20. The molecule has 4 rings (SSSR count). The van der Waals surface area contributed by atoms with Crippen molar-refractivity contribution in [2.45, 2.75) is 12.2 Å². The van der Waals surface area contributed by atoms with E-state index in [1.165, 1.54) is 0 Å². The van der Waals surface area contributed by atoms with Crippen molar-refractivity contribution >= 4 is 42.1 Å². The van der Waals surface area contributed by atoms with Gasteiger partial charge in [-0.2, -0.15) is 0 Å². The highest BCUT2D eigenvalue weighted by Gasteiger charge is 2.22. The van der Waals surface area contributed by atoms with Crippen molar-refractivity contribution in [1.29, 1.82) is 0 Å². The Bertz CT molecular complexity index is 806. The van der Waals surface area contributed by atoms with Gasteiger partial charge in [0.2, 0.25) is 0 Å². The van der Waals surface area contributed by atoms with Gasteiger partial charge in [-0.25, -0.2) is 0 Å². The van der Waals surface area contributed by atoms with Crippen molar-refractivity contribution in [3.8, 4) is 11.5 Å². The lowest BCUT2D eigenvalue weighted by molar-refractivity contribution is -0.0292. The van der Waals surface area contributed by atoms with Crippen LogP contribution in [0, 0.1) is 0 Å². The maximum absolute atomic E-state index is 10.3. The number of fused-ring (bicyclic) bond motifs is 1. The molecule has 2 aliphatic rings. The summed E-state index contributed by atoms with van der Waals surface area (Å²) in [6.45, 7) is 5.39. The molecule has 0 bridgehead atoms. The Hall–Kier alpha value is -1.41. The molecule has 0 saturated carbocycles. The number of rotatable bonds is 7. The third-order valence-corrected chi connectivity index (χ3v) is 5.43. The van der Waals surface area contributed by atoms with E-state index in [9.17, 15) is 5.11 Å². The van der Waals surface area contributed by atoms with Crippen molar-refractivity contribution in [2.75, 3.05) is 57.4 Å². The number of ether oxygens (including phenoxy) is 3. The standard InChI is InChI=1S/C22H27ClN2O4.2ClH/c23-17-4-3-5-18(12-17)25-10-8-24(9-11-25)13-19(26)14-27-15-20-16-28-21-6-1-2-7-22(21)29-20;;/h1-7,12,19-20,26H,8-11,13-16H2;2*1H. The minimum atomic E-state index is -0.524. The number of para-hydroxylation sites is 2. The lowest BCUT2D eigenvalue weighted by Crippen LogP contribution is -2.49. The van der Waals surface area contributed by atoms with Gasteiger partial charge in [0, 0.05) is 43.4 Å². The second kappa shape index (κ2) is 12.6. The van der Waals surface area contributed by atoms with Gasteiger partial charge in [0.25, 0.3) is 0 Å². The van der Waals surface area contributed by atoms with Crippen molar-refractivity contribution in [1.82, 2.24) is 4.90 Å². The number of hydrogen-bond donors (Lipinski definition) is 1. The zero-order valence-electron chi connectivity index (χ0n) is 17.2. The van der Waals surface area contributed by atoms with Crippen molar-refractivity contribution in [3.05, 3.63) is 53.6 Å². The molecule has 0 aromatic heterocycles. The summed E-state index contributed by atoms with van der Waals surface area (Å²) in [5, 5.41) is 11.1. The summed E-state index contributed by atoms with van der Waals surface area (Å²) in [7, 11) is 0.